The molecular weight excluding hydrogens is 217 g/mol. The first-order valence-electron chi connectivity index (χ1n) is 4.66. The van der Waals surface area contributed by atoms with Crippen molar-refractivity contribution in [1.82, 2.24) is 4.98 Å². The van der Waals surface area contributed by atoms with E-state index in [-0.39, 0.29) is 6.54 Å². The van der Waals surface area contributed by atoms with Crippen molar-refractivity contribution in [3.05, 3.63) is 41.6 Å². The number of halogens is 3. The summed E-state index contributed by atoms with van der Waals surface area (Å²) in [6.45, 7) is 0.263. The first-order chi connectivity index (χ1) is 7.50. The lowest BCUT2D eigenvalue weighted by Crippen LogP contribution is -2.04. The smallest absolute Gasteiger partial charge is 0.326 e. The Morgan fingerprint density at radius 1 is 1.19 bits per heavy atom. The molecule has 0 amide bonds. The van der Waals surface area contributed by atoms with Gasteiger partial charge in [-0.05, 0) is 29.8 Å². The van der Waals surface area contributed by atoms with Gasteiger partial charge < -0.3 is 5.73 Å². The number of aromatic nitrogens is 1. The zero-order valence-corrected chi connectivity index (χ0v) is 8.25. The third-order valence-corrected chi connectivity index (χ3v) is 2.30. The third-order valence-electron chi connectivity index (χ3n) is 2.30. The van der Waals surface area contributed by atoms with Crippen molar-refractivity contribution in [1.29, 1.82) is 0 Å². The van der Waals surface area contributed by atoms with Crippen molar-refractivity contribution < 1.29 is 13.2 Å². The van der Waals surface area contributed by atoms with E-state index in [0.29, 0.717) is 16.5 Å². The Balaban J connectivity index is 2.59. The van der Waals surface area contributed by atoms with E-state index in [2.05, 4.69) is 4.98 Å². The number of benzene rings is 1. The molecule has 0 bridgehead atoms. The summed E-state index contributed by atoms with van der Waals surface area (Å²) in [7, 11) is 0. The number of fused-ring (bicyclic) bond motifs is 1. The van der Waals surface area contributed by atoms with E-state index in [1.165, 1.54) is 6.07 Å². The Labute approximate surface area is 89.9 Å². The lowest BCUT2D eigenvalue weighted by molar-refractivity contribution is -0.137. The average molecular weight is 226 g/mol. The minimum absolute atomic E-state index is 0.263. The van der Waals surface area contributed by atoms with Gasteiger partial charge in [0.05, 0.1) is 11.1 Å². The zero-order chi connectivity index (χ0) is 11.8. The summed E-state index contributed by atoms with van der Waals surface area (Å²) in [4.78, 5) is 4.03. The molecule has 0 saturated carbocycles. The fourth-order valence-corrected chi connectivity index (χ4v) is 1.47. The van der Waals surface area contributed by atoms with Crippen molar-refractivity contribution in [2.24, 2.45) is 5.73 Å². The fraction of sp³-hybridized carbons (Fsp3) is 0.182. The molecule has 2 N–H and O–H groups in total. The maximum absolute atomic E-state index is 12.5. The molecule has 0 radical (unpaired) electrons. The molecule has 0 saturated heterocycles. The van der Waals surface area contributed by atoms with E-state index in [4.69, 9.17) is 5.73 Å². The van der Waals surface area contributed by atoms with Gasteiger partial charge in [-0.2, -0.15) is 13.2 Å². The quantitative estimate of drug-likeness (QED) is 0.811. The predicted molar refractivity (Wildman–Crippen MR) is 54.6 cm³/mol. The van der Waals surface area contributed by atoms with Crippen LogP contribution in [0, 0.1) is 0 Å². The largest absolute Gasteiger partial charge is 0.416 e. The first-order valence-corrected chi connectivity index (χ1v) is 4.66. The van der Waals surface area contributed by atoms with E-state index in [9.17, 15) is 13.2 Å². The van der Waals surface area contributed by atoms with Crippen LogP contribution in [-0.2, 0) is 12.7 Å². The van der Waals surface area contributed by atoms with Crippen molar-refractivity contribution in [3.8, 4) is 0 Å². The Morgan fingerprint density at radius 2 is 1.94 bits per heavy atom. The molecule has 0 aliphatic rings. The molecule has 0 spiro atoms. The highest BCUT2D eigenvalue weighted by molar-refractivity contribution is 5.79. The summed E-state index contributed by atoms with van der Waals surface area (Å²) in [5.41, 5.74) is 5.98. The topological polar surface area (TPSA) is 38.9 Å². The molecule has 0 aliphatic heterocycles. The van der Waals surface area contributed by atoms with Gasteiger partial charge in [0.1, 0.15) is 0 Å². The molecule has 0 fully saturated rings. The van der Waals surface area contributed by atoms with E-state index >= 15 is 0 Å². The van der Waals surface area contributed by atoms with E-state index < -0.39 is 11.7 Å². The van der Waals surface area contributed by atoms with Crippen LogP contribution in [0.2, 0.25) is 0 Å². The molecule has 1 aromatic heterocycles. The molecule has 0 aliphatic carbocycles. The maximum atomic E-state index is 12.5. The summed E-state index contributed by atoms with van der Waals surface area (Å²) in [6, 6.07) is 5.09. The molecule has 2 nitrogen and oxygen atoms in total. The van der Waals surface area contributed by atoms with Gasteiger partial charge in [0.15, 0.2) is 0 Å². The van der Waals surface area contributed by atoms with Gasteiger partial charge in [-0.25, -0.2) is 0 Å². The van der Waals surface area contributed by atoms with Gasteiger partial charge in [-0.3, -0.25) is 4.98 Å². The normalized spacial score (nSPS) is 12.0. The minimum Gasteiger partial charge on any atom is -0.326 e. The number of hydrogen-bond acceptors (Lipinski definition) is 2. The predicted octanol–water partition coefficient (Wildman–Crippen LogP) is 2.71. The van der Waals surface area contributed by atoms with Gasteiger partial charge >= 0.3 is 6.18 Å². The molecule has 2 rings (SSSR count). The molecule has 2 aromatic rings. The Bertz CT molecular complexity index is 520. The number of pyridine rings is 1. The minimum atomic E-state index is -4.33. The van der Waals surface area contributed by atoms with Crippen LogP contribution in [0.5, 0.6) is 0 Å². The highest BCUT2D eigenvalue weighted by Crippen LogP contribution is 2.31. The second-order valence-corrected chi connectivity index (χ2v) is 3.45. The fourth-order valence-electron chi connectivity index (χ4n) is 1.47. The van der Waals surface area contributed by atoms with Crippen LogP contribution in [0.3, 0.4) is 0 Å². The Kier molecular flexibility index (Phi) is 2.55. The van der Waals surface area contributed by atoms with Crippen LogP contribution in [0.25, 0.3) is 10.9 Å². The summed E-state index contributed by atoms with van der Waals surface area (Å²) in [5, 5.41) is 0.456. The van der Waals surface area contributed by atoms with Crippen LogP contribution < -0.4 is 5.73 Å². The van der Waals surface area contributed by atoms with Gasteiger partial charge in [0.25, 0.3) is 0 Å². The van der Waals surface area contributed by atoms with Crippen molar-refractivity contribution in [2.45, 2.75) is 12.7 Å². The third kappa shape index (κ3) is 1.99. The molecule has 0 unspecified atom stereocenters. The molecule has 16 heavy (non-hydrogen) atoms. The number of alkyl halides is 3. The highest BCUT2D eigenvalue weighted by atomic mass is 19.4. The standard InChI is InChI=1S/C11H9F3N2/c12-11(13,14)9-1-2-10-8(4-9)3-7(5-15)6-16-10/h1-4,6H,5,15H2. The van der Waals surface area contributed by atoms with E-state index in [0.717, 1.165) is 12.1 Å². The molecule has 84 valence electrons. The van der Waals surface area contributed by atoms with Crippen LogP contribution in [-0.4, -0.2) is 4.98 Å². The number of rotatable bonds is 1. The number of nitrogens with zero attached hydrogens (tertiary/aromatic N) is 1. The number of nitrogens with two attached hydrogens (primary N) is 1. The Hall–Kier alpha value is -1.62. The SMILES string of the molecule is NCc1cnc2ccc(C(F)(F)F)cc2c1. The lowest BCUT2D eigenvalue weighted by Gasteiger charge is -2.07. The summed E-state index contributed by atoms with van der Waals surface area (Å²) in [6.07, 6.45) is -2.76. The van der Waals surface area contributed by atoms with Gasteiger partial charge in [0.2, 0.25) is 0 Å². The van der Waals surface area contributed by atoms with E-state index in [1.807, 2.05) is 0 Å². The van der Waals surface area contributed by atoms with Crippen LogP contribution in [0.4, 0.5) is 13.2 Å². The number of hydrogen-bond donors (Lipinski definition) is 1. The summed E-state index contributed by atoms with van der Waals surface area (Å²) >= 11 is 0. The molecular formula is C11H9F3N2. The van der Waals surface area contributed by atoms with Crippen molar-refractivity contribution in [3.63, 3.8) is 0 Å². The molecule has 1 heterocycles. The molecule has 5 heteroatoms. The summed E-state index contributed by atoms with van der Waals surface area (Å²) < 4.78 is 37.4. The van der Waals surface area contributed by atoms with Gasteiger partial charge in [0, 0.05) is 18.1 Å². The summed E-state index contributed by atoms with van der Waals surface area (Å²) in [5.74, 6) is 0. The second-order valence-electron chi connectivity index (χ2n) is 3.45. The average Bonchev–Trinajstić information content (AvgIpc) is 2.26. The van der Waals surface area contributed by atoms with Crippen molar-refractivity contribution >= 4 is 10.9 Å². The first kappa shape index (κ1) is 10.9. The van der Waals surface area contributed by atoms with E-state index in [1.54, 1.807) is 12.3 Å². The van der Waals surface area contributed by atoms with Crippen molar-refractivity contribution in [2.75, 3.05) is 0 Å². The molecule has 1 aromatic carbocycles. The highest BCUT2D eigenvalue weighted by Gasteiger charge is 2.30. The lowest BCUT2D eigenvalue weighted by atomic mass is 10.1. The zero-order valence-electron chi connectivity index (χ0n) is 8.25. The molecule has 0 atom stereocenters. The van der Waals surface area contributed by atoms with Crippen LogP contribution in [0.15, 0.2) is 30.5 Å². The Morgan fingerprint density at radius 3 is 2.56 bits per heavy atom. The maximum Gasteiger partial charge on any atom is 0.416 e. The monoisotopic (exact) mass is 226 g/mol. The van der Waals surface area contributed by atoms with Crippen LogP contribution in [0.1, 0.15) is 11.1 Å². The van der Waals surface area contributed by atoms with Gasteiger partial charge in [-0.15, -0.1) is 0 Å². The van der Waals surface area contributed by atoms with Crippen LogP contribution >= 0.6 is 0 Å². The van der Waals surface area contributed by atoms with Gasteiger partial charge in [-0.1, -0.05) is 0 Å². The second kappa shape index (κ2) is 3.75.